The summed E-state index contributed by atoms with van der Waals surface area (Å²) in [5, 5.41) is 3.40. The smallest absolute Gasteiger partial charge is 0.0462 e. The molecule has 86 valence electrons. The lowest BCUT2D eigenvalue weighted by atomic mass is 10.3. The lowest BCUT2D eigenvalue weighted by molar-refractivity contribution is 0.187. The number of hydrogen-bond acceptors (Lipinski definition) is 3. The highest BCUT2D eigenvalue weighted by Crippen LogP contribution is 1.92. The molecule has 14 heavy (non-hydrogen) atoms. The van der Waals surface area contributed by atoms with Gasteiger partial charge in [0.2, 0.25) is 0 Å². The maximum atomic E-state index is 5.01. The summed E-state index contributed by atoms with van der Waals surface area (Å²) in [6.45, 7) is 7.65. The number of rotatable bonds is 10. The molecule has 0 aliphatic carbocycles. The number of methoxy groups -OCH3 is 1. The second-order valence-corrected chi connectivity index (χ2v) is 3.75. The topological polar surface area (TPSA) is 24.5 Å². The van der Waals surface area contributed by atoms with Gasteiger partial charge in [-0.15, -0.1) is 0 Å². The summed E-state index contributed by atoms with van der Waals surface area (Å²) in [5.74, 6) is 0. The first-order valence-electron chi connectivity index (χ1n) is 5.69. The molecule has 0 aliphatic heterocycles. The predicted octanol–water partition coefficient (Wildman–Crippen LogP) is 1.34. The summed E-state index contributed by atoms with van der Waals surface area (Å²) in [7, 11) is 3.94. The largest absolute Gasteiger partial charge is 0.385 e. The van der Waals surface area contributed by atoms with Gasteiger partial charge in [-0.3, -0.25) is 0 Å². The molecule has 0 saturated carbocycles. The van der Waals surface area contributed by atoms with E-state index >= 15 is 0 Å². The van der Waals surface area contributed by atoms with E-state index in [9.17, 15) is 0 Å². The first-order chi connectivity index (χ1) is 6.81. The molecule has 1 N–H and O–H groups in total. The first-order valence-corrected chi connectivity index (χ1v) is 5.69. The molecule has 0 bridgehead atoms. The van der Waals surface area contributed by atoms with Gasteiger partial charge in [0, 0.05) is 26.8 Å². The summed E-state index contributed by atoms with van der Waals surface area (Å²) in [6, 6.07) is 0. The Morgan fingerprint density at radius 3 is 2.57 bits per heavy atom. The van der Waals surface area contributed by atoms with Crippen LogP contribution in [0.2, 0.25) is 0 Å². The van der Waals surface area contributed by atoms with Crippen LogP contribution in [0.25, 0.3) is 0 Å². The van der Waals surface area contributed by atoms with E-state index in [0.717, 1.165) is 26.2 Å². The standard InChI is InChI=1S/C11H26N2O/c1-4-7-12-8-10-13(2)9-5-6-11-14-3/h12H,4-11H2,1-3H3. The van der Waals surface area contributed by atoms with Crippen molar-refractivity contribution in [3.8, 4) is 0 Å². The third-order valence-electron chi connectivity index (χ3n) is 2.24. The maximum absolute atomic E-state index is 5.01. The quantitative estimate of drug-likeness (QED) is 0.541. The average Bonchev–Trinajstić information content (AvgIpc) is 2.19. The van der Waals surface area contributed by atoms with E-state index in [0.29, 0.717) is 0 Å². The van der Waals surface area contributed by atoms with E-state index in [4.69, 9.17) is 4.74 Å². The third-order valence-corrected chi connectivity index (χ3v) is 2.24. The van der Waals surface area contributed by atoms with Gasteiger partial charge in [-0.05, 0) is 39.4 Å². The lowest BCUT2D eigenvalue weighted by Gasteiger charge is -2.16. The highest BCUT2D eigenvalue weighted by molar-refractivity contribution is 4.54. The number of nitrogens with one attached hydrogen (secondary N) is 1. The molecule has 0 unspecified atom stereocenters. The molecule has 0 aliphatic rings. The second-order valence-electron chi connectivity index (χ2n) is 3.75. The monoisotopic (exact) mass is 202 g/mol. The van der Waals surface area contributed by atoms with Crippen LogP contribution < -0.4 is 5.32 Å². The van der Waals surface area contributed by atoms with E-state index in [2.05, 4.69) is 24.2 Å². The van der Waals surface area contributed by atoms with E-state index in [-0.39, 0.29) is 0 Å². The summed E-state index contributed by atoms with van der Waals surface area (Å²) < 4.78 is 5.01. The van der Waals surface area contributed by atoms with Crippen LogP contribution in [0.1, 0.15) is 26.2 Å². The van der Waals surface area contributed by atoms with Crippen molar-refractivity contribution < 1.29 is 4.74 Å². The second kappa shape index (κ2) is 11.0. The summed E-state index contributed by atoms with van der Waals surface area (Å²) >= 11 is 0. The van der Waals surface area contributed by atoms with Crippen molar-refractivity contribution in [3.63, 3.8) is 0 Å². The Bertz CT molecular complexity index is 97.5. The Balaban J connectivity index is 3.07. The van der Waals surface area contributed by atoms with Crippen LogP contribution in [0.3, 0.4) is 0 Å². The number of hydrogen-bond donors (Lipinski definition) is 1. The molecule has 0 heterocycles. The Morgan fingerprint density at radius 2 is 1.93 bits per heavy atom. The zero-order valence-corrected chi connectivity index (χ0v) is 10.0. The molecule has 0 aromatic rings. The van der Waals surface area contributed by atoms with Crippen LogP contribution in [-0.2, 0) is 4.74 Å². The van der Waals surface area contributed by atoms with Gasteiger partial charge in [0.1, 0.15) is 0 Å². The fourth-order valence-electron chi connectivity index (χ4n) is 1.31. The Morgan fingerprint density at radius 1 is 1.14 bits per heavy atom. The molecule has 0 aromatic heterocycles. The van der Waals surface area contributed by atoms with Crippen LogP contribution in [0, 0.1) is 0 Å². The van der Waals surface area contributed by atoms with Gasteiger partial charge in [0.25, 0.3) is 0 Å². The molecule has 0 radical (unpaired) electrons. The minimum atomic E-state index is 0.891. The van der Waals surface area contributed by atoms with Crippen LogP contribution in [-0.4, -0.2) is 51.8 Å². The maximum Gasteiger partial charge on any atom is 0.0462 e. The van der Waals surface area contributed by atoms with E-state index < -0.39 is 0 Å². The van der Waals surface area contributed by atoms with Crippen LogP contribution in [0.4, 0.5) is 0 Å². The molecule has 3 heteroatoms. The summed E-state index contributed by atoms with van der Waals surface area (Å²) in [5.41, 5.74) is 0. The lowest BCUT2D eigenvalue weighted by Crippen LogP contribution is -2.30. The Kier molecular flexibility index (Phi) is 10.9. The number of nitrogens with zero attached hydrogens (tertiary/aromatic N) is 1. The molecule has 0 fully saturated rings. The molecule has 3 nitrogen and oxygen atoms in total. The van der Waals surface area contributed by atoms with Crippen LogP contribution in [0.5, 0.6) is 0 Å². The Hall–Kier alpha value is -0.120. The SMILES string of the molecule is CCCNCCN(C)CCCCOC. The van der Waals surface area contributed by atoms with E-state index in [1.165, 1.54) is 25.8 Å². The minimum Gasteiger partial charge on any atom is -0.385 e. The first kappa shape index (κ1) is 13.9. The zero-order valence-electron chi connectivity index (χ0n) is 10.0. The van der Waals surface area contributed by atoms with Gasteiger partial charge in [0.05, 0.1) is 0 Å². The molecular formula is C11H26N2O. The van der Waals surface area contributed by atoms with Gasteiger partial charge in [-0.25, -0.2) is 0 Å². The zero-order chi connectivity index (χ0) is 10.6. The predicted molar refractivity (Wildman–Crippen MR) is 61.8 cm³/mol. The van der Waals surface area contributed by atoms with Crippen molar-refractivity contribution >= 4 is 0 Å². The number of likely N-dealkylation sites (N-methyl/N-ethyl adjacent to an activating group) is 1. The fourth-order valence-corrected chi connectivity index (χ4v) is 1.31. The fraction of sp³-hybridized carbons (Fsp3) is 1.00. The average molecular weight is 202 g/mol. The van der Waals surface area contributed by atoms with Gasteiger partial charge < -0.3 is 15.0 Å². The molecule has 0 saturated heterocycles. The number of ether oxygens (including phenoxy) is 1. The molecule has 0 rings (SSSR count). The van der Waals surface area contributed by atoms with E-state index in [1.54, 1.807) is 7.11 Å². The van der Waals surface area contributed by atoms with Crippen molar-refractivity contribution in [1.29, 1.82) is 0 Å². The molecule has 0 spiro atoms. The molecule has 0 amide bonds. The third kappa shape index (κ3) is 9.96. The molecular weight excluding hydrogens is 176 g/mol. The van der Waals surface area contributed by atoms with Crippen molar-refractivity contribution in [2.24, 2.45) is 0 Å². The molecule has 0 aromatic carbocycles. The van der Waals surface area contributed by atoms with Crippen molar-refractivity contribution in [2.75, 3.05) is 46.9 Å². The van der Waals surface area contributed by atoms with E-state index in [1.807, 2.05) is 0 Å². The summed E-state index contributed by atoms with van der Waals surface area (Å²) in [6.07, 6.45) is 3.62. The number of unbranched alkanes of at least 4 members (excludes halogenated alkanes) is 1. The van der Waals surface area contributed by atoms with Gasteiger partial charge in [0.15, 0.2) is 0 Å². The normalized spacial score (nSPS) is 11.1. The van der Waals surface area contributed by atoms with Crippen molar-refractivity contribution in [3.05, 3.63) is 0 Å². The minimum absolute atomic E-state index is 0.891. The van der Waals surface area contributed by atoms with Crippen molar-refractivity contribution in [1.82, 2.24) is 10.2 Å². The highest BCUT2D eigenvalue weighted by atomic mass is 16.5. The molecule has 0 atom stereocenters. The van der Waals surface area contributed by atoms with Crippen molar-refractivity contribution in [2.45, 2.75) is 26.2 Å². The van der Waals surface area contributed by atoms with Gasteiger partial charge in [-0.1, -0.05) is 6.92 Å². The highest BCUT2D eigenvalue weighted by Gasteiger charge is 1.96. The Labute approximate surface area is 88.8 Å². The van der Waals surface area contributed by atoms with Gasteiger partial charge in [-0.2, -0.15) is 0 Å². The summed E-state index contributed by atoms with van der Waals surface area (Å²) in [4.78, 5) is 2.37. The van der Waals surface area contributed by atoms with Crippen LogP contribution in [0.15, 0.2) is 0 Å². The van der Waals surface area contributed by atoms with Crippen LogP contribution >= 0.6 is 0 Å². The van der Waals surface area contributed by atoms with Gasteiger partial charge >= 0.3 is 0 Å².